The number of alkyl halides is 3. The lowest BCUT2D eigenvalue weighted by Gasteiger charge is -2.24. The summed E-state index contributed by atoms with van der Waals surface area (Å²) in [5, 5.41) is 9.02. The molecule has 2 aromatic carbocycles. The third kappa shape index (κ3) is 4.95. The molecule has 0 spiro atoms. The molecule has 0 saturated carbocycles. The quantitative estimate of drug-likeness (QED) is 0.540. The van der Waals surface area contributed by atoms with Gasteiger partial charge in [0.15, 0.2) is 18.1 Å². The van der Waals surface area contributed by atoms with Crippen LogP contribution in [0.2, 0.25) is 0 Å². The highest BCUT2D eigenvalue weighted by Crippen LogP contribution is 2.36. The van der Waals surface area contributed by atoms with Gasteiger partial charge in [-0.3, -0.25) is 14.9 Å². The molecule has 0 unspecified atom stereocenters. The maximum absolute atomic E-state index is 13.1. The first-order chi connectivity index (χ1) is 16.3. The van der Waals surface area contributed by atoms with E-state index in [9.17, 15) is 22.8 Å². The summed E-state index contributed by atoms with van der Waals surface area (Å²) in [4.78, 5) is 28.3. The summed E-state index contributed by atoms with van der Waals surface area (Å²) in [7, 11) is 0. The number of hydrogen-bond acceptors (Lipinski definition) is 6. The lowest BCUT2D eigenvalue weighted by molar-refractivity contribution is -0.137. The predicted molar refractivity (Wildman–Crippen MR) is 115 cm³/mol. The van der Waals surface area contributed by atoms with E-state index < -0.39 is 30.3 Å². The second-order valence-electron chi connectivity index (χ2n) is 7.32. The van der Waals surface area contributed by atoms with Gasteiger partial charge >= 0.3 is 6.18 Å². The zero-order valence-electron chi connectivity index (χ0n) is 17.9. The molecule has 1 atom stereocenters. The Bertz CT molecular complexity index is 1210. The Morgan fingerprint density at radius 1 is 1.21 bits per heavy atom. The Morgan fingerprint density at radius 2 is 2.00 bits per heavy atom. The molecule has 178 valence electrons. The van der Waals surface area contributed by atoms with Crippen LogP contribution in [0, 0.1) is 0 Å². The fourth-order valence-electron chi connectivity index (χ4n) is 3.55. The van der Waals surface area contributed by atoms with Crippen molar-refractivity contribution in [2.45, 2.75) is 25.6 Å². The van der Waals surface area contributed by atoms with Crippen molar-refractivity contribution in [3.05, 3.63) is 59.9 Å². The van der Waals surface area contributed by atoms with E-state index in [1.165, 1.54) is 24.5 Å². The number of ether oxygens (including phenoxy) is 2. The highest BCUT2D eigenvalue weighted by Gasteiger charge is 2.33. The molecule has 0 radical (unpaired) electrons. The van der Waals surface area contributed by atoms with Crippen LogP contribution in [0.4, 0.5) is 24.8 Å². The normalized spacial score (nSPS) is 15.3. The lowest BCUT2D eigenvalue weighted by atomic mass is 10.0. The number of rotatable bonds is 7. The molecule has 2 N–H and O–H groups in total. The summed E-state index contributed by atoms with van der Waals surface area (Å²) >= 11 is 0. The van der Waals surface area contributed by atoms with Crippen LogP contribution < -0.4 is 20.1 Å². The minimum atomic E-state index is -4.61. The number of aromatic nitrogens is 3. The zero-order valence-corrected chi connectivity index (χ0v) is 17.9. The number of benzene rings is 2. The van der Waals surface area contributed by atoms with Gasteiger partial charge in [-0.15, -0.1) is 0 Å². The molecule has 9 nitrogen and oxygen atoms in total. The van der Waals surface area contributed by atoms with Crippen molar-refractivity contribution in [2.75, 3.05) is 23.8 Å². The molecule has 0 aliphatic carbocycles. The topological polar surface area (TPSA) is 107 Å². The Labute approximate surface area is 191 Å². The number of carbonyl (C=O) groups excluding carboxylic acids is 2. The van der Waals surface area contributed by atoms with E-state index >= 15 is 0 Å². The van der Waals surface area contributed by atoms with Crippen molar-refractivity contribution in [3.8, 4) is 11.5 Å². The van der Waals surface area contributed by atoms with Crippen molar-refractivity contribution in [2.24, 2.45) is 0 Å². The maximum Gasteiger partial charge on any atom is 0.418 e. The number of nitrogens with one attached hydrogen (secondary N) is 2. The molecule has 34 heavy (non-hydrogen) atoms. The summed E-state index contributed by atoms with van der Waals surface area (Å²) in [5.41, 5.74) is -0.601. The van der Waals surface area contributed by atoms with E-state index in [-0.39, 0.29) is 23.8 Å². The van der Waals surface area contributed by atoms with Gasteiger partial charge in [0.1, 0.15) is 6.33 Å². The van der Waals surface area contributed by atoms with E-state index in [0.717, 1.165) is 6.07 Å². The highest BCUT2D eigenvalue weighted by molar-refractivity contribution is 5.93. The molecule has 0 fully saturated rings. The lowest BCUT2D eigenvalue weighted by Crippen LogP contribution is -2.29. The number of anilines is 2. The molecule has 0 saturated heterocycles. The van der Waals surface area contributed by atoms with E-state index in [1.54, 1.807) is 29.8 Å². The summed E-state index contributed by atoms with van der Waals surface area (Å²) < 4.78 is 52.2. The van der Waals surface area contributed by atoms with Gasteiger partial charge in [0.2, 0.25) is 11.9 Å². The van der Waals surface area contributed by atoms with Crippen LogP contribution in [0.15, 0.2) is 48.8 Å². The predicted octanol–water partition coefficient (Wildman–Crippen LogP) is 3.64. The molecule has 2 amide bonds. The van der Waals surface area contributed by atoms with Crippen LogP contribution in [0.25, 0.3) is 0 Å². The second kappa shape index (κ2) is 9.41. The van der Waals surface area contributed by atoms with Crippen molar-refractivity contribution < 1.29 is 32.2 Å². The number of amides is 2. The van der Waals surface area contributed by atoms with E-state index in [4.69, 9.17) is 9.47 Å². The maximum atomic E-state index is 13.1. The fourth-order valence-corrected chi connectivity index (χ4v) is 3.55. The van der Waals surface area contributed by atoms with Gasteiger partial charge in [-0.1, -0.05) is 18.2 Å². The van der Waals surface area contributed by atoms with Crippen molar-refractivity contribution in [1.29, 1.82) is 0 Å². The summed E-state index contributed by atoms with van der Waals surface area (Å²) in [5.74, 6) is -0.102. The average molecular weight is 475 g/mol. The molecule has 1 aliphatic heterocycles. The number of nitrogens with zero attached hydrogens (tertiary/aromatic N) is 3. The first-order valence-electron chi connectivity index (χ1n) is 10.3. The third-order valence-corrected chi connectivity index (χ3v) is 5.02. The van der Waals surface area contributed by atoms with Crippen LogP contribution in [-0.4, -0.2) is 39.8 Å². The Morgan fingerprint density at radius 3 is 2.76 bits per heavy atom. The van der Waals surface area contributed by atoms with Gasteiger partial charge in [0, 0.05) is 0 Å². The van der Waals surface area contributed by atoms with Crippen LogP contribution in [0.5, 0.6) is 11.5 Å². The van der Waals surface area contributed by atoms with Crippen molar-refractivity contribution in [1.82, 2.24) is 14.8 Å². The van der Waals surface area contributed by atoms with Crippen LogP contribution in [0.1, 0.15) is 30.5 Å². The minimum Gasteiger partial charge on any atom is -0.490 e. The molecular weight excluding hydrogens is 455 g/mol. The van der Waals surface area contributed by atoms with Gasteiger partial charge in [-0.2, -0.15) is 23.3 Å². The minimum absolute atomic E-state index is 0.142. The first-order valence-corrected chi connectivity index (χ1v) is 10.3. The number of hydrogen-bond donors (Lipinski definition) is 2. The van der Waals surface area contributed by atoms with Crippen molar-refractivity contribution in [3.63, 3.8) is 0 Å². The van der Waals surface area contributed by atoms with Crippen LogP contribution >= 0.6 is 0 Å². The Hall–Kier alpha value is -4.09. The molecular formula is C22H20F3N5O4. The SMILES string of the molecule is CCOc1cc([C@@H]2CC(=O)Nc3ncnn32)ccc1OCC(=O)Nc1ccccc1C(F)(F)F. The van der Waals surface area contributed by atoms with E-state index in [1.807, 2.05) is 0 Å². The summed E-state index contributed by atoms with van der Waals surface area (Å²) in [6.45, 7) is 1.52. The average Bonchev–Trinajstić information content (AvgIpc) is 3.26. The van der Waals surface area contributed by atoms with E-state index in [2.05, 4.69) is 20.7 Å². The van der Waals surface area contributed by atoms with Gasteiger partial charge in [0.05, 0.1) is 30.3 Å². The highest BCUT2D eigenvalue weighted by atomic mass is 19.4. The van der Waals surface area contributed by atoms with Crippen molar-refractivity contribution >= 4 is 23.5 Å². The van der Waals surface area contributed by atoms with Gasteiger partial charge < -0.3 is 14.8 Å². The number of halogens is 3. The van der Waals surface area contributed by atoms with Crippen LogP contribution in [-0.2, 0) is 15.8 Å². The molecule has 4 rings (SSSR count). The Balaban J connectivity index is 1.49. The zero-order chi connectivity index (χ0) is 24.3. The molecule has 0 bridgehead atoms. The third-order valence-electron chi connectivity index (χ3n) is 5.02. The number of carbonyl (C=O) groups is 2. The first kappa shape index (κ1) is 23.1. The van der Waals surface area contributed by atoms with Crippen LogP contribution in [0.3, 0.4) is 0 Å². The summed E-state index contributed by atoms with van der Waals surface area (Å²) in [6.07, 6.45) is -3.13. The number of fused-ring (bicyclic) bond motifs is 1. The molecule has 2 heterocycles. The standard InChI is InChI=1S/C22H20F3N5O4/c1-2-33-18-9-13(16-10-19(31)29-21-26-12-27-30(16)21)7-8-17(18)34-11-20(32)28-15-6-4-3-5-14(15)22(23,24)25/h3-9,12,16H,2,10-11H2,1H3,(H,28,32)(H,26,27,29,31)/t16-/m0/s1. The number of para-hydroxylation sites is 1. The largest absolute Gasteiger partial charge is 0.490 e. The van der Waals surface area contributed by atoms with Gasteiger partial charge in [-0.25, -0.2) is 4.68 Å². The summed E-state index contributed by atoms with van der Waals surface area (Å²) in [6, 6.07) is 9.21. The van der Waals surface area contributed by atoms with Gasteiger partial charge in [0.25, 0.3) is 5.91 Å². The van der Waals surface area contributed by atoms with Gasteiger partial charge in [-0.05, 0) is 36.8 Å². The molecule has 3 aromatic rings. The Kier molecular flexibility index (Phi) is 6.39. The molecule has 1 aliphatic rings. The fraction of sp³-hybridized carbons (Fsp3) is 0.273. The smallest absolute Gasteiger partial charge is 0.418 e. The molecule has 12 heteroatoms. The molecule has 1 aromatic heterocycles. The monoisotopic (exact) mass is 475 g/mol. The second-order valence-corrected chi connectivity index (χ2v) is 7.32. The van der Waals surface area contributed by atoms with E-state index in [0.29, 0.717) is 23.9 Å².